The molecule has 1 N–H and O–H groups in total. The van der Waals surface area contributed by atoms with Gasteiger partial charge in [-0.15, -0.1) is 0 Å². The van der Waals surface area contributed by atoms with Crippen molar-refractivity contribution in [1.29, 1.82) is 0 Å². The highest BCUT2D eigenvalue weighted by molar-refractivity contribution is 7.99. The molecule has 51 heavy (non-hydrogen) atoms. The molecule has 8 atom stereocenters. The minimum absolute atomic E-state index is 0.0463. The smallest absolute Gasteiger partial charge is 0.262 e. The molecule has 4 aliphatic rings. The summed E-state index contributed by atoms with van der Waals surface area (Å²) in [7, 11) is 2.73. The fourth-order valence-electron chi connectivity index (χ4n) is 9.03. The number of carbonyl (C=O) groups is 2. The molecule has 0 saturated heterocycles. The van der Waals surface area contributed by atoms with Crippen molar-refractivity contribution in [1.82, 2.24) is 9.62 Å². The van der Waals surface area contributed by atoms with Gasteiger partial charge < -0.3 is 19.3 Å². The molecule has 0 radical (unpaired) electrons. The lowest BCUT2D eigenvalue weighted by atomic mass is 9.62. The molecule has 2 aromatic carbocycles. The molecule has 1 unspecified atom stereocenters. The molecule has 6 rings (SSSR count). The number of carbonyl (C=O) groups excluding carboxylic acids is 2. The van der Waals surface area contributed by atoms with E-state index in [1.807, 2.05) is 53.1 Å². The molecule has 0 aromatic heterocycles. The van der Waals surface area contributed by atoms with Crippen LogP contribution in [0.5, 0.6) is 5.75 Å². The summed E-state index contributed by atoms with van der Waals surface area (Å²) in [4.78, 5) is 32.1. The van der Waals surface area contributed by atoms with Crippen LogP contribution in [-0.4, -0.2) is 85.0 Å². The zero-order valence-corrected chi connectivity index (χ0v) is 32.8. The van der Waals surface area contributed by atoms with Gasteiger partial charge in [0.25, 0.3) is 5.91 Å². The Hall–Kier alpha value is -2.85. The number of methoxy groups -OCH3 is 1. The number of benzene rings is 2. The maximum Gasteiger partial charge on any atom is 0.262 e. The maximum atomic E-state index is 14.0. The van der Waals surface area contributed by atoms with Crippen LogP contribution in [-0.2, 0) is 31.1 Å². The van der Waals surface area contributed by atoms with E-state index >= 15 is 0 Å². The number of anilines is 1. The van der Waals surface area contributed by atoms with Crippen LogP contribution in [0.1, 0.15) is 80.8 Å². The van der Waals surface area contributed by atoms with Crippen LogP contribution in [0, 0.1) is 23.7 Å². The highest BCUT2D eigenvalue weighted by Crippen LogP contribution is 2.50. The summed E-state index contributed by atoms with van der Waals surface area (Å²) in [5.74, 6) is 4.71. The highest BCUT2D eigenvalue weighted by atomic mass is 35.5. The van der Waals surface area contributed by atoms with Gasteiger partial charge in [0.1, 0.15) is 11.5 Å². The fourth-order valence-corrected chi connectivity index (χ4v) is 10.7. The van der Waals surface area contributed by atoms with Gasteiger partial charge in [-0.1, -0.05) is 43.7 Å². The molecular formula is C41H56ClN3O5S. The van der Waals surface area contributed by atoms with Crippen molar-refractivity contribution >= 4 is 44.6 Å². The SMILES string of the molecule is C=S1(=O)NC(=O)c2ccc3c(c2)N(C[C@@H]2CC[C@H]2[C@@](CC(=O)[C@@H](C)CN(C)C)(OC)/C=C/C[C@H](C)[C@H]1C)C[C@@]1(CCCc2cc(Cl)ccc21)CO3. The summed E-state index contributed by atoms with van der Waals surface area (Å²) in [6, 6.07) is 11.8. The predicted molar refractivity (Wildman–Crippen MR) is 209 cm³/mol. The average molecular weight is 738 g/mol. The first-order valence-corrected chi connectivity index (χ1v) is 20.7. The molecule has 2 aliphatic heterocycles. The number of Topliss-reactive ketones (excluding diaryl/α,β-unsaturated/α-hetero) is 1. The molecule has 1 spiro atoms. The lowest BCUT2D eigenvalue weighted by Gasteiger charge is -2.50. The van der Waals surface area contributed by atoms with Gasteiger partial charge in [0, 0.05) is 60.3 Å². The number of fused-ring (bicyclic) bond motifs is 4. The number of ketones is 1. The third kappa shape index (κ3) is 7.64. The standard InChI is InChI=1S/C41H56ClN3O5S/c1-27-10-8-19-41(49-6,22-37(46)28(2)23-44(4)5)35-15-12-32(35)24-45-25-40(18-9-11-30-20-33(42)14-16-34(30)40)26-50-38-17-13-31(21-36(38)45)39(47)43-51(7,48)29(27)3/h8,13-14,16-17,19-21,27-29,32,35H,7,9-12,15,18,22-26H2,1-6H3,(H,43,47,48)/b19-8+/t27-,28-,29+,32-,35+,40-,41+,51?/m0/s1. The summed E-state index contributed by atoms with van der Waals surface area (Å²) < 4.78 is 30.0. The fraction of sp³-hybridized carbons (Fsp3) is 0.585. The molecule has 2 aliphatic carbocycles. The first kappa shape index (κ1) is 37.9. The van der Waals surface area contributed by atoms with E-state index in [-0.39, 0.29) is 34.9 Å². The van der Waals surface area contributed by atoms with Gasteiger partial charge in [-0.2, -0.15) is 0 Å². The second-order valence-electron chi connectivity index (χ2n) is 16.2. The number of amides is 1. The Labute approximate surface area is 310 Å². The minimum atomic E-state index is -3.00. The number of allylic oxidation sites excluding steroid dienone is 1. The largest absolute Gasteiger partial charge is 0.490 e. The first-order valence-electron chi connectivity index (χ1n) is 18.6. The minimum Gasteiger partial charge on any atom is -0.490 e. The van der Waals surface area contributed by atoms with E-state index in [9.17, 15) is 13.8 Å². The Bertz CT molecular complexity index is 1780. The molecule has 2 bridgehead atoms. The van der Waals surface area contributed by atoms with E-state index in [0.717, 1.165) is 55.1 Å². The summed E-state index contributed by atoms with van der Waals surface area (Å²) in [5.41, 5.74) is 2.76. The predicted octanol–water partition coefficient (Wildman–Crippen LogP) is 6.73. The number of halogens is 1. The monoisotopic (exact) mass is 737 g/mol. The van der Waals surface area contributed by atoms with Gasteiger partial charge in [-0.25, -0.2) is 4.21 Å². The van der Waals surface area contributed by atoms with Crippen molar-refractivity contribution < 1.29 is 23.3 Å². The molecule has 2 aromatic rings. The molecule has 8 nitrogen and oxygen atoms in total. The normalized spacial score (nSPS) is 33.6. The second-order valence-corrected chi connectivity index (χ2v) is 19.0. The van der Waals surface area contributed by atoms with Crippen LogP contribution in [0.4, 0.5) is 5.69 Å². The number of rotatable bonds is 6. The number of nitrogens with one attached hydrogen (secondary N) is 1. The molecule has 1 saturated carbocycles. The van der Waals surface area contributed by atoms with E-state index in [1.165, 1.54) is 11.1 Å². The highest BCUT2D eigenvalue weighted by Gasteiger charge is 2.50. The number of nitrogens with zero attached hydrogens (tertiary/aromatic N) is 2. The summed E-state index contributed by atoms with van der Waals surface area (Å²) in [5, 5.41) is 0.347. The molecular weight excluding hydrogens is 682 g/mol. The summed E-state index contributed by atoms with van der Waals surface area (Å²) in [6.07, 6.45) is 10.1. The number of aryl methyl sites for hydroxylation is 1. The van der Waals surface area contributed by atoms with Crippen molar-refractivity contribution in [2.24, 2.45) is 23.7 Å². The van der Waals surface area contributed by atoms with Crippen molar-refractivity contribution in [2.45, 2.75) is 82.0 Å². The van der Waals surface area contributed by atoms with E-state index < -0.39 is 26.5 Å². The molecule has 1 amide bonds. The van der Waals surface area contributed by atoms with Crippen LogP contribution in [0.2, 0.25) is 5.02 Å². The molecule has 278 valence electrons. The van der Waals surface area contributed by atoms with Crippen LogP contribution in [0.25, 0.3) is 0 Å². The van der Waals surface area contributed by atoms with Crippen LogP contribution >= 0.6 is 11.6 Å². The Morgan fingerprint density at radius 1 is 1.22 bits per heavy atom. The van der Waals surface area contributed by atoms with E-state index in [2.05, 4.69) is 44.7 Å². The molecule has 10 heteroatoms. The lowest BCUT2D eigenvalue weighted by molar-refractivity contribution is -0.134. The van der Waals surface area contributed by atoms with Crippen LogP contribution in [0.15, 0.2) is 48.6 Å². The van der Waals surface area contributed by atoms with Gasteiger partial charge in [-0.3, -0.25) is 14.3 Å². The summed E-state index contributed by atoms with van der Waals surface area (Å²) >= 11 is 6.49. The Morgan fingerprint density at radius 3 is 2.71 bits per heavy atom. The van der Waals surface area contributed by atoms with Gasteiger partial charge in [-0.05, 0) is 125 Å². The number of hydrogen-bond acceptors (Lipinski definition) is 7. The van der Waals surface area contributed by atoms with Crippen molar-refractivity contribution in [3.63, 3.8) is 0 Å². The second kappa shape index (κ2) is 14.9. The van der Waals surface area contributed by atoms with Gasteiger partial charge in [0.15, 0.2) is 0 Å². The maximum absolute atomic E-state index is 14.0. The summed E-state index contributed by atoms with van der Waals surface area (Å²) in [6.45, 7) is 8.54. The van der Waals surface area contributed by atoms with Gasteiger partial charge >= 0.3 is 0 Å². The topological polar surface area (TPSA) is 88.2 Å². The Balaban J connectivity index is 1.45. The zero-order valence-electron chi connectivity index (χ0n) is 31.2. The number of ether oxygens (including phenoxy) is 2. The Morgan fingerprint density at radius 2 is 2.00 bits per heavy atom. The number of hydrogen-bond donors (Lipinski definition) is 1. The van der Waals surface area contributed by atoms with Crippen molar-refractivity contribution in [3.8, 4) is 5.75 Å². The average Bonchev–Trinajstić information content (AvgIpc) is 3.21. The third-order valence-corrected chi connectivity index (χ3v) is 14.8. The van der Waals surface area contributed by atoms with Crippen molar-refractivity contribution in [3.05, 3.63) is 70.3 Å². The molecule has 1 fully saturated rings. The van der Waals surface area contributed by atoms with Crippen LogP contribution < -0.4 is 14.4 Å². The first-order chi connectivity index (χ1) is 24.2. The van der Waals surface area contributed by atoms with Gasteiger partial charge in [0.2, 0.25) is 0 Å². The lowest BCUT2D eigenvalue weighted by Crippen LogP contribution is -2.54. The van der Waals surface area contributed by atoms with Crippen molar-refractivity contribution in [2.75, 3.05) is 52.3 Å². The van der Waals surface area contributed by atoms with E-state index in [1.54, 1.807) is 13.2 Å². The van der Waals surface area contributed by atoms with Gasteiger partial charge in [0.05, 0.1) is 27.6 Å². The van der Waals surface area contributed by atoms with Crippen LogP contribution in [0.3, 0.4) is 0 Å². The van der Waals surface area contributed by atoms with E-state index in [4.69, 9.17) is 21.1 Å². The molecule has 2 heterocycles. The Kier molecular flexibility index (Phi) is 11.1. The zero-order chi connectivity index (χ0) is 36.7. The quantitative estimate of drug-likeness (QED) is 0.260. The third-order valence-electron chi connectivity index (χ3n) is 12.4. The van der Waals surface area contributed by atoms with E-state index in [0.29, 0.717) is 38.1 Å².